The summed E-state index contributed by atoms with van der Waals surface area (Å²) in [6.45, 7) is 11.2. The lowest BCUT2D eigenvalue weighted by atomic mass is 10.1. The molecular formula is C17H28N2S. The van der Waals surface area contributed by atoms with Crippen molar-refractivity contribution in [1.29, 1.82) is 0 Å². The summed E-state index contributed by atoms with van der Waals surface area (Å²) in [5.74, 6) is 1.26. The van der Waals surface area contributed by atoms with Gasteiger partial charge >= 0.3 is 0 Å². The molecule has 3 heteroatoms. The molecular weight excluding hydrogens is 264 g/mol. The first-order chi connectivity index (χ1) is 9.74. The van der Waals surface area contributed by atoms with Crippen molar-refractivity contribution in [1.82, 2.24) is 5.32 Å². The zero-order valence-corrected chi connectivity index (χ0v) is 13.9. The highest BCUT2D eigenvalue weighted by atomic mass is 32.2. The van der Waals surface area contributed by atoms with Gasteiger partial charge in [-0.25, -0.2) is 0 Å². The van der Waals surface area contributed by atoms with Crippen molar-refractivity contribution in [2.75, 3.05) is 30.3 Å². The van der Waals surface area contributed by atoms with E-state index in [0.717, 1.165) is 18.3 Å². The number of benzene rings is 1. The molecule has 1 aliphatic heterocycles. The first kappa shape index (κ1) is 15.7. The molecule has 112 valence electrons. The molecule has 2 nitrogen and oxygen atoms in total. The quantitative estimate of drug-likeness (QED) is 0.802. The van der Waals surface area contributed by atoms with Crippen LogP contribution < -0.4 is 10.2 Å². The van der Waals surface area contributed by atoms with Crippen LogP contribution >= 0.6 is 11.8 Å². The van der Waals surface area contributed by atoms with Crippen molar-refractivity contribution in [3.8, 4) is 0 Å². The fourth-order valence-electron chi connectivity index (χ4n) is 2.75. The molecule has 1 fully saturated rings. The van der Waals surface area contributed by atoms with Crippen molar-refractivity contribution in [2.45, 2.75) is 45.4 Å². The lowest BCUT2D eigenvalue weighted by Gasteiger charge is -2.35. The standard InChI is InChI=1S/C17H28N2S/c1-4-8-18-12-15-11-14(3)6-7-17(15)19-9-10-20-16(5-2)13-19/h6-7,11,16,18H,4-5,8-10,12-13H2,1-3H3. The number of rotatable bonds is 6. The summed E-state index contributed by atoms with van der Waals surface area (Å²) in [4.78, 5) is 2.59. The molecule has 0 bridgehead atoms. The van der Waals surface area contributed by atoms with Crippen LogP contribution in [0, 0.1) is 6.92 Å². The molecule has 0 radical (unpaired) electrons. The highest BCUT2D eigenvalue weighted by molar-refractivity contribution is 8.00. The average Bonchev–Trinajstić information content (AvgIpc) is 2.48. The summed E-state index contributed by atoms with van der Waals surface area (Å²) >= 11 is 2.13. The predicted molar refractivity (Wildman–Crippen MR) is 91.9 cm³/mol. The van der Waals surface area contributed by atoms with E-state index in [1.54, 1.807) is 0 Å². The van der Waals surface area contributed by atoms with Crippen LogP contribution in [0.15, 0.2) is 18.2 Å². The Morgan fingerprint density at radius 1 is 1.35 bits per heavy atom. The number of nitrogens with zero attached hydrogens (tertiary/aromatic N) is 1. The van der Waals surface area contributed by atoms with Gasteiger partial charge in [-0.3, -0.25) is 0 Å². The lowest BCUT2D eigenvalue weighted by Crippen LogP contribution is -2.38. The molecule has 0 aliphatic carbocycles. The normalized spacial score (nSPS) is 19.4. The number of nitrogens with one attached hydrogen (secondary N) is 1. The second-order valence-corrected chi connectivity index (χ2v) is 7.06. The molecule has 20 heavy (non-hydrogen) atoms. The van der Waals surface area contributed by atoms with E-state index in [2.05, 4.69) is 60.9 Å². The summed E-state index contributed by atoms with van der Waals surface area (Å²) < 4.78 is 0. The molecule has 0 spiro atoms. The van der Waals surface area contributed by atoms with Crippen LogP contribution in [0.4, 0.5) is 5.69 Å². The van der Waals surface area contributed by atoms with Crippen molar-refractivity contribution < 1.29 is 0 Å². The zero-order chi connectivity index (χ0) is 14.4. The van der Waals surface area contributed by atoms with Gasteiger partial charge in [0, 0.05) is 36.3 Å². The molecule has 0 amide bonds. The Hall–Kier alpha value is -0.670. The number of thioether (sulfide) groups is 1. The van der Waals surface area contributed by atoms with E-state index in [1.807, 2.05) is 0 Å². The molecule has 1 saturated heterocycles. The van der Waals surface area contributed by atoms with Gasteiger partial charge in [-0.1, -0.05) is 31.5 Å². The van der Waals surface area contributed by atoms with Gasteiger partial charge in [-0.15, -0.1) is 0 Å². The Labute approximate surface area is 128 Å². The lowest BCUT2D eigenvalue weighted by molar-refractivity contribution is 0.668. The molecule has 0 aromatic heterocycles. The van der Waals surface area contributed by atoms with Crippen LogP contribution in [0.25, 0.3) is 0 Å². The minimum absolute atomic E-state index is 0.793. The van der Waals surface area contributed by atoms with E-state index in [9.17, 15) is 0 Å². The Morgan fingerprint density at radius 3 is 2.95 bits per heavy atom. The van der Waals surface area contributed by atoms with Gasteiger partial charge in [0.25, 0.3) is 0 Å². The predicted octanol–water partition coefficient (Wildman–Crippen LogP) is 3.83. The van der Waals surface area contributed by atoms with Crippen LogP contribution in [0.5, 0.6) is 0 Å². The zero-order valence-electron chi connectivity index (χ0n) is 13.1. The van der Waals surface area contributed by atoms with Gasteiger partial charge in [0.1, 0.15) is 0 Å². The van der Waals surface area contributed by atoms with Crippen molar-refractivity contribution in [3.63, 3.8) is 0 Å². The van der Waals surface area contributed by atoms with Gasteiger partial charge in [-0.2, -0.15) is 11.8 Å². The van der Waals surface area contributed by atoms with Gasteiger partial charge in [-0.05, 0) is 37.9 Å². The SMILES string of the molecule is CCCNCc1cc(C)ccc1N1CCSC(CC)C1. The van der Waals surface area contributed by atoms with E-state index >= 15 is 0 Å². The van der Waals surface area contributed by atoms with Gasteiger partial charge in [0.2, 0.25) is 0 Å². The first-order valence-electron chi connectivity index (χ1n) is 7.91. The number of hydrogen-bond donors (Lipinski definition) is 1. The summed E-state index contributed by atoms with van der Waals surface area (Å²) in [5.41, 5.74) is 4.26. The van der Waals surface area contributed by atoms with Crippen LogP contribution in [0.2, 0.25) is 0 Å². The molecule has 1 unspecified atom stereocenters. The fourth-order valence-corrected chi connectivity index (χ4v) is 3.93. The molecule has 1 heterocycles. The van der Waals surface area contributed by atoms with Crippen LogP contribution in [0.1, 0.15) is 37.8 Å². The molecule has 0 saturated carbocycles. The first-order valence-corrected chi connectivity index (χ1v) is 8.96. The largest absolute Gasteiger partial charge is 0.369 e. The van der Waals surface area contributed by atoms with Crippen LogP contribution in [-0.2, 0) is 6.54 Å². The summed E-state index contributed by atoms with van der Waals surface area (Å²) in [5, 5.41) is 4.34. The maximum Gasteiger partial charge on any atom is 0.0412 e. The average molecular weight is 292 g/mol. The molecule has 1 atom stereocenters. The van der Waals surface area contributed by atoms with Crippen molar-refractivity contribution in [3.05, 3.63) is 29.3 Å². The molecule has 1 aromatic carbocycles. The van der Waals surface area contributed by atoms with Crippen LogP contribution in [-0.4, -0.2) is 30.6 Å². The smallest absolute Gasteiger partial charge is 0.0412 e. The number of aryl methyl sites for hydroxylation is 1. The Bertz CT molecular complexity index is 419. The summed E-state index contributed by atoms with van der Waals surface area (Å²) in [6.07, 6.45) is 2.47. The van der Waals surface area contributed by atoms with E-state index in [-0.39, 0.29) is 0 Å². The van der Waals surface area contributed by atoms with E-state index < -0.39 is 0 Å². The van der Waals surface area contributed by atoms with Gasteiger partial charge in [0.15, 0.2) is 0 Å². The van der Waals surface area contributed by atoms with Crippen LogP contribution in [0.3, 0.4) is 0 Å². The third kappa shape index (κ3) is 4.16. The molecule has 1 aromatic rings. The van der Waals surface area contributed by atoms with Gasteiger partial charge in [0.05, 0.1) is 0 Å². The highest BCUT2D eigenvalue weighted by Gasteiger charge is 2.20. The van der Waals surface area contributed by atoms with E-state index in [4.69, 9.17) is 0 Å². The highest BCUT2D eigenvalue weighted by Crippen LogP contribution is 2.28. The number of anilines is 1. The Kier molecular flexibility index (Phi) is 6.24. The monoisotopic (exact) mass is 292 g/mol. The Morgan fingerprint density at radius 2 is 2.20 bits per heavy atom. The van der Waals surface area contributed by atoms with Gasteiger partial charge < -0.3 is 10.2 Å². The molecule has 1 aliphatic rings. The second kappa shape index (κ2) is 7.94. The second-order valence-electron chi connectivity index (χ2n) is 5.66. The maximum absolute atomic E-state index is 3.55. The fraction of sp³-hybridized carbons (Fsp3) is 0.647. The van der Waals surface area contributed by atoms with E-state index in [0.29, 0.717) is 0 Å². The minimum atomic E-state index is 0.793. The molecule has 1 N–H and O–H groups in total. The minimum Gasteiger partial charge on any atom is -0.369 e. The molecule has 2 rings (SSSR count). The third-order valence-electron chi connectivity index (χ3n) is 3.91. The van der Waals surface area contributed by atoms with E-state index in [1.165, 1.54) is 48.5 Å². The number of hydrogen-bond acceptors (Lipinski definition) is 3. The third-order valence-corrected chi connectivity index (χ3v) is 5.28. The topological polar surface area (TPSA) is 15.3 Å². The summed E-state index contributed by atoms with van der Waals surface area (Å²) in [7, 11) is 0. The summed E-state index contributed by atoms with van der Waals surface area (Å²) in [6, 6.07) is 6.92. The Balaban J connectivity index is 2.12. The maximum atomic E-state index is 3.55. The van der Waals surface area contributed by atoms with Crippen molar-refractivity contribution in [2.24, 2.45) is 0 Å². The van der Waals surface area contributed by atoms with Crippen molar-refractivity contribution >= 4 is 17.4 Å².